The SMILES string of the molecule is Cc1ccc(-c2nc(C)c(C)c(C)c2C)cc1NO. The lowest BCUT2D eigenvalue weighted by molar-refractivity contribution is 0.388. The molecule has 0 unspecified atom stereocenters. The molecule has 2 rings (SSSR count). The van der Waals surface area contributed by atoms with Gasteiger partial charge < -0.3 is 0 Å². The number of aryl methyl sites for hydroxylation is 2. The van der Waals surface area contributed by atoms with Gasteiger partial charge in [0.1, 0.15) is 0 Å². The van der Waals surface area contributed by atoms with E-state index in [0.29, 0.717) is 0 Å². The third-order valence-electron chi connectivity index (χ3n) is 3.93. The summed E-state index contributed by atoms with van der Waals surface area (Å²) in [5.41, 5.74) is 10.7. The van der Waals surface area contributed by atoms with E-state index in [2.05, 4.69) is 26.3 Å². The minimum atomic E-state index is 0.717. The predicted octanol–water partition coefficient (Wildman–Crippen LogP) is 4.09. The number of aromatic nitrogens is 1. The first kappa shape index (κ1) is 13.6. The van der Waals surface area contributed by atoms with Gasteiger partial charge in [-0.25, -0.2) is 0 Å². The quantitative estimate of drug-likeness (QED) is 0.795. The Morgan fingerprint density at radius 1 is 0.947 bits per heavy atom. The minimum absolute atomic E-state index is 0.717. The van der Waals surface area contributed by atoms with Crippen LogP contribution >= 0.6 is 0 Å². The normalized spacial score (nSPS) is 10.6. The summed E-state index contributed by atoms with van der Waals surface area (Å²) in [5, 5.41) is 9.14. The van der Waals surface area contributed by atoms with Gasteiger partial charge in [0.2, 0.25) is 0 Å². The topological polar surface area (TPSA) is 45.2 Å². The van der Waals surface area contributed by atoms with Gasteiger partial charge in [-0.05, 0) is 62.9 Å². The van der Waals surface area contributed by atoms with Crippen molar-refractivity contribution >= 4 is 5.69 Å². The van der Waals surface area contributed by atoms with Crippen LogP contribution in [-0.4, -0.2) is 10.2 Å². The first-order chi connectivity index (χ1) is 8.95. The van der Waals surface area contributed by atoms with Crippen LogP contribution in [0, 0.1) is 34.6 Å². The maximum atomic E-state index is 9.14. The predicted molar refractivity (Wildman–Crippen MR) is 78.8 cm³/mol. The summed E-state index contributed by atoms with van der Waals surface area (Å²) in [6, 6.07) is 5.96. The highest BCUT2D eigenvalue weighted by atomic mass is 16.5. The Kier molecular flexibility index (Phi) is 3.58. The summed E-state index contributed by atoms with van der Waals surface area (Å²) in [7, 11) is 0. The molecule has 3 nitrogen and oxygen atoms in total. The largest absolute Gasteiger partial charge is 0.291 e. The van der Waals surface area contributed by atoms with Crippen molar-refractivity contribution in [2.75, 3.05) is 5.48 Å². The highest BCUT2D eigenvalue weighted by Gasteiger charge is 2.11. The number of nitrogens with one attached hydrogen (secondary N) is 1. The fourth-order valence-electron chi connectivity index (χ4n) is 2.24. The second-order valence-corrected chi connectivity index (χ2v) is 5.06. The molecule has 1 heterocycles. The molecular weight excluding hydrogens is 236 g/mol. The Morgan fingerprint density at radius 2 is 1.63 bits per heavy atom. The van der Waals surface area contributed by atoms with Gasteiger partial charge in [-0.15, -0.1) is 0 Å². The van der Waals surface area contributed by atoms with Crippen LogP contribution in [0.4, 0.5) is 5.69 Å². The lowest BCUT2D eigenvalue weighted by Gasteiger charge is -2.14. The minimum Gasteiger partial charge on any atom is -0.291 e. The molecule has 1 aromatic heterocycles. The Balaban J connectivity index is 2.66. The van der Waals surface area contributed by atoms with Crippen molar-refractivity contribution < 1.29 is 5.21 Å². The van der Waals surface area contributed by atoms with Crippen molar-refractivity contribution in [2.45, 2.75) is 34.6 Å². The van der Waals surface area contributed by atoms with Crippen LogP contribution in [0.2, 0.25) is 0 Å². The first-order valence-corrected chi connectivity index (χ1v) is 6.41. The maximum absolute atomic E-state index is 9.14. The standard InChI is InChI=1S/C16H20N2O/c1-9-6-7-14(8-15(9)18-19)16-12(4)10(2)11(3)13(5)17-16/h6-8,18-19H,1-5H3. The molecule has 2 N–H and O–H groups in total. The molecule has 0 aliphatic heterocycles. The Hall–Kier alpha value is -1.87. The van der Waals surface area contributed by atoms with Gasteiger partial charge in [0.15, 0.2) is 0 Å². The summed E-state index contributed by atoms with van der Waals surface area (Å²) in [6.45, 7) is 10.3. The van der Waals surface area contributed by atoms with E-state index in [1.54, 1.807) is 0 Å². The molecule has 0 amide bonds. The van der Waals surface area contributed by atoms with E-state index in [4.69, 9.17) is 10.2 Å². The number of anilines is 1. The molecule has 3 heteroatoms. The van der Waals surface area contributed by atoms with Gasteiger partial charge >= 0.3 is 0 Å². The van der Waals surface area contributed by atoms with Crippen molar-refractivity contribution in [1.29, 1.82) is 0 Å². The van der Waals surface area contributed by atoms with Crippen molar-refractivity contribution in [3.63, 3.8) is 0 Å². The first-order valence-electron chi connectivity index (χ1n) is 6.41. The van der Waals surface area contributed by atoms with Crippen molar-refractivity contribution in [1.82, 2.24) is 4.98 Å². The fraction of sp³-hybridized carbons (Fsp3) is 0.312. The van der Waals surface area contributed by atoms with E-state index in [0.717, 1.165) is 28.2 Å². The van der Waals surface area contributed by atoms with Gasteiger partial charge in [0, 0.05) is 11.3 Å². The zero-order chi connectivity index (χ0) is 14.2. The smallest absolute Gasteiger partial charge is 0.0737 e. The summed E-state index contributed by atoms with van der Waals surface area (Å²) < 4.78 is 0. The molecule has 1 aromatic carbocycles. The fourth-order valence-corrected chi connectivity index (χ4v) is 2.24. The molecule has 0 fully saturated rings. The van der Waals surface area contributed by atoms with E-state index in [-0.39, 0.29) is 0 Å². The second kappa shape index (κ2) is 5.02. The molecule has 0 bridgehead atoms. The summed E-state index contributed by atoms with van der Waals surface area (Å²) in [4.78, 5) is 4.70. The van der Waals surface area contributed by atoms with Gasteiger partial charge in [-0.2, -0.15) is 0 Å². The van der Waals surface area contributed by atoms with Gasteiger partial charge in [0.25, 0.3) is 0 Å². The van der Waals surface area contributed by atoms with Crippen molar-refractivity contribution in [2.24, 2.45) is 0 Å². The molecule has 2 aromatic rings. The maximum Gasteiger partial charge on any atom is 0.0737 e. The number of nitrogens with zero attached hydrogens (tertiary/aromatic N) is 1. The number of rotatable bonds is 2. The molecular formula is C16H20N2O. The molecule has 0 aliphatic carbocycles. The zero-order valence-corrected chi connectivity index (χ0v) is 12.1. The number of hydrogen-bond acceptors (Lipinski definition) is 3. The van der Waals surface area contributed by atoms with Crippen LogP contribution in [-0.2, 0) is 0 Å². The van der Waals surface area contributed by atoms with E-state index >= 15 is 0 Å². The Bertz CT molecular complexity index is 633. The van der Waals surface area contributed by atoms with E-state index in [1.165, 1.54) is 16.7 Å². The molecule has 100 valence electrons. The number of pyridine rings is 1. The van der Waals surface area contributed by atoms with E-state index in [1.807, 2.05) is 32.0 Å². The molecule has 0 radical (unpaired) electrons. The third-order valence-corrected chi connectivity index (χ3v) is 3.93. The Labute approximate surface area is 114 Å². The molecule has 0 saturated carbocycles. The van der Waals surface area contributed by atoms with Gasteiger partial charge in [-0.3, -0.25) is 15.7 Å². The molecule has 0 saturated heterocycles. The van der Waals surface area contributed by atoms with Crippen LogP contribution in [0.15, 0.2) is 18.2 Å². The molecule has 0 atom stereocenters. The number of hydrogen-bond donors (Lipinski definition) is 2. The lowest BCUT2D eigenvalue weighted by atomic mass is 9.97. The highest BCUT2D eigenvalue weighted by Crippen LogP contribution is 2.29. The molecule has 0 spiro atoms. The summed E-state index contributed by atoms with van der Waals surface area (Å²) in [6.07, 6.45) is 0. The van der Waals surface area contributed by atoms with Crippen LogP contribution < -0.4 is 5.48 Å². The average molecular weight is 256 g/mol. The highest BCUT2D eigenvalue weighted by molar-refractivity contribution is 5.70. The monoisotopic (exact) mass is 256 g/mol. The second-order valence-electron chi connectivity index (χ2n) is 5.06. The van der Waals surface area contributed by atoms with Crippen molar-refractivity contribution in [3.05, 3.63) is 46.1 Å². The zero-order valence-electron chi connectivity index (χ0n) is 12.1. The lowest BCUT2D eigenvalue weighted by Crippen LogP contribution is -2.00. The summed E-state index contributed by atoms with van der Waals surface area (Å²) in [5.74, 6) is 0. The molecule has 19 heavy (non-hydrogen) atoms. The van der Waals surface area contributed by atoms with Crippen LogP contribution in [0.5, 0.6) is 0 Å². The Morgan fingerprint density at radius 3 is 2.26 bits per heavy atom. The number of benzene rings is 1. The van der Waals surface area contributed by atoms with Crippen molar-refractivity contribution in [3.8, 4) is 11.3 Å². The van der Waals surface area contributed by atoms with E-state index < -0.39 is 0 Å². The van der Waals surface area contributed by atoms with E-state index in [9.17, 15) is 0 Å². The van der Waals surface area contributed by atoms with Crippen LogP contribution in [0.1, 0.15) is 27.9 Å². The average Bonchev–Trinajstić information content (AvgIpc) is 2.41. The van der Waals surface area contributed by atoms with Crippen LogP contribution in [0.25, 0.3) is 11.3 Å². The van der Waals surface area contributed by atoms with Crippen LogP contribution in [0.3, 0.4) is 0 Å². The summed E-state index contributed by atoms with van der Waals surface area (Å²) >= 11 is 0. The third kappa shape index (κ3) is 2.34. The van der Waals surface area contributed by atoms with Gasteiger partial charge in [0.05, 0.1) is 11.4 Å². The molecule has 0 aliphatic rings. The van der Waals surface area contributed by atoms with Gasteiger partial charge in [-0.1, -0.05) is 12.1 Å².